The Morgan fingerprint density at radius 2 is 1.86 bits per heavy atom. The van der Waals surface area contributed by atoms with Crippen molar-refractivity contribution in [3.8, 4) is 0 Å². The second-order valence-electron chi connectivity index (χ2n) is 5.24. The molecule has 2 aromatic rings. The minimum Gasteiger partial charge on any atom is -0.481 e. The van der Waals surface area contributed by atoms with E-state index in [0.29, 0.717) is 19.4 Å². The van der Waals surface area contributed by atoms with Crippen molar-refractivity contribution in [3.63, 3.8) is 0 Å². The second kappa shape index (κ2) is 6.88. The van der Waals surface area contributed by atoms with Crippen molar-refractivity contribution in [2.24, 2.45) is 5.92 Å². The molecule has 4 nitrogen and oxygen atoms in total. The van der Waals surface area contributed by atoms with Crippen LogP contribution in [0.25, 0.3) is 10.8 Å². The SMILES string of the molecule is CC(CCNC(=O)Cc1ccc2ccccc2c1)C(=O)O. The average Bonchev–Trinajstić information content (AvgIpc) is 2.46. The fourth-order valence-electron chi connectivity index (χ4n) is 2.15. The molecule has 0 aliphatic carbocycles. The van der Waals surface area contributed by atoms with Crippen LogP contribution in [0.1, 0.15) is 18.9 Å². The van der Waals surface area contributed by atoms with E-state index in [2.05, 4.69) is 5.32 Å². The smallest absolute Gasteiger partial charge is 0.306 e. The lowest BCUT2D eigenvalue weighted by atomic mass is 10.0. The van der Waals surface area contributed by atoms with E-state index in [9.17, 15) is 9.59 Å². The van der Waals surface area contributed by atoms with Gasteiger partial charge in [0.1, 0.15) is 0 Å². The van der Waals surface area contributed by atoms with E-state index < -0.39 is 11.9 Å². The molecule has 0 aliphatic heterocycles. The largest absolute Gasteiger partial charge is 0.481 e. The maximum atomic E-state index is 11.8. The van der Waals surface area contributed by atoms with Crippen LogP contribution in [0, 0.1) is 5.92 Å². The molecule has 0 fully saturated rings. The number of benzene rings is 2. The second-order valence-corrected chi connectivity index (χ2v) is 5.24. The zero-order valence-electron chi connectivity index (χ0n) is 12.0. The molecule has 0 saturated heterocycles. The molecule has 0 spiro atoms. The van der Waals surface area contributed by atoms with Crippen molar-refractivity contribution in [1.82, 2.24) is 5.32 Å². The van der Waals surface area contributed by atoms with Gasteiger partial charge in [0.15, 0.2) is 0 Å². The van der Waals surface area contributed by atoms with Gasteiger partial charge >= 0.3 is 5.97 Å². The van der Waals surface area contributed by atoms with E-state index in [1.165, 1.54) is 0 Å². The number of carbonyl (C=O) groups excluding carboxylic acids is 1. The van der Waals surface area contributed by atoms with Crippen LogP contribution >= 0.6 is 0 Å². The van der Waals surface area contributed by atoms with Crippen LogP contribution in [-0.2, 0) is 16.0 Å². The summed E-state index contributed by atoms with van der Waals surface area (Å²) < 4.78 is 0. The third-order valence-electron chi connectivity index (χ3n) is 3.50. The number of hydrogen-bond donors (Lipinski definition) is 2. The molecule has 2 aromatic carbocycles. The summed E-state index contributed by atoms with van der Waals surface area (Å²) in [5.74, 6) is -1.35. The molecule has 0 aromatic heterocycles. The van der Waals surface area contributed by atoms with Gasteiger partial charge in [-0.15, -0.1) is 0 Å². The van der Waals surface area contributed by atoms with Crippen molar-refractivity contribution in [2.75, 3.05) is 6.54 Å². The Morgan fingerprint density at radius 1 is 1.14 bits per heavy atom. The maximum Gasteiger partial charge on any atom is 0.306 e. The number of fused-ring (bicyclic) bond motifs is 1. The Labute approximate surface area is 123 Å². The third kappa shape index (κ3) is 4.31. The monoisotopic (exact) mass is 285 g/mol. The van der Waals surface area contributed by atoms with E-state index in [1.807, 2.05) is 42.5 Å². The Kier molecular flexibility index (Phi) is 4.93. The van der Waals surface area contributed by atoms with E-state index in [4.69, 9.17) is 5.11 Å². The summed E-state index contributed by atoms with van der Waals surface area (Å²) in [6, 6.07) is 14.0. The molecular weight excluding hydrogens is 266 g/mol. The molecule has 4 heteroatoms. The van der Waals surface area contributed by atoms with E-state index in [0.717, 1.165) is 16.3 Å². The molecule has 2 rings (SSSR count). The number of hydrogen-bond acceptors (Lipinski definition) is 2. The number of rotatable bonds is 6. The molecule has 0 aliphatic rings. The molecule has 1 amide bonds. The number of carbonyl (C=O) groups is 2. The predicted octanol–water partition coefficient (Wildman–Crippen LogP) is 2.61. The summed E-state index contributed by atoms with van der Waals surface area (Å²) in [4.78, 5) is 22.5. The standard InChI is InChI=1S/C17H19NO3/c1-12(17(20)21)8-9-18-16(19)11-13-6-7-14-4-2-3-5-15(14)10-13/h2-7,10,12H,8-9,11H2,1H3,(H,18,19)(H,20,21). The van der Waals surface area contributed by atoms with Crippen LogP contribution in [0.2, 0.25) is 0 Å². The highest BCUT2D eigenvalue weighted by molar-refractivity contribution is 5.85. The molecule has 0 bridgehead atoms. The molecule has 21 heavy (non-hydrogen) atoms. The van der Waals surface area contributed by atoms with Crippen molar-refractivity contribution in [2.45, 2.75) is 19.8 Å². The van der Waals surface area contributed by atoms with Gasteiger partial charge in [-0.25, -0.2) is 0 Å². The van der Waals surface area contributed by atoms with Crippen LogP contribution in [-0.4, -0.2) is 23.5 Å². The highest BCUT2D eigenvalue weighted by Crippen LogP contribution is 2.15. The number of nitrogens with one attached hydrogen (secondary N) is 1. The summed E-state index contributed by atoms with van der Waals surface area (Å²) in [6.45, 7) is 2.03. The molecule has 110 valence electrons. The molecule has 0 radical (unpaired) electrons. The third-order valence-corrected chi connectivity index (χ3v) is 3.50. The summed E-state index contributed by atoms with van der Waals surface area (Å²) in [5.41, 5.74) is 0.956. The quantitative estimate of drug-likeness (QED) is 0.857. The molecule has 0 saturated carbocycles. The number of carboxylic acid groups (broad SMARTS) is 1. The van der Waals surface area contributed by atoms with Crippen LogP contribution in [0.5, 0.6) is 0 Å². The van der Waals surface area contributed by atoms with Gasteiger partial charge in [0.25, 0.3) is 0 Å². The van der Waals surface area contributed by atoms with Gasteiger partial charge in [-0.2, -0.15) is 0 Å². The Hall–Kier alpha value is -2.36. The summed E-state index contributed by atoms with van der Waals surface area (Å²) in [5, 5.41) is 13.8. The Balaban J connectivity index is 1.88. The predicted molar refractivity (Wildman–Crippen MR) is 82.1 cm³/mol. The van der Waals surface area contributed by atoms with Gasteiger partial charge in [-0.3, -0.25) is 9.59 Å². The van der Waals surface area contributed by atoms with Gasteiger partial charge in [-0.1, -0.05) is 49.4 Å². The number of carboxylic acids is 1. The van der Waals surface area contributed by atoms with Crippen LogP contribution < -0.4 is 5.32 Å². The molecule has 1 atom stereocenters. The van der Waals surface area contributed by atoms with Crippen LogP contribution in [0.15, 0.2) is 42.5 Å². The Morgan fingerprint density at radius 3 is 2.57 bits per heavy atom. The highest BCUT2D eigenvalue weighted by atomic mass is 16.4. The minimum atomic E-state index is -0.834. The highest BCUT2D eigenvalue weighted by Gasteiger charge is 2.11. The summed E-state index contributed by atoms with van der Waals surface area (Å²) >= 11 is 0. The summed E-state index contributed by atoms with van der Waals surface area (Å²) in [7, 11) is 0. The molecule has 0 heterocycles. The topological polar surface area (TPSA) is 66.4 Å². The lowest BCUT2D eigenvalue weighted by molar-refractivity contribution is -0.141. The van der Waals surface area contributed by atoms with Gasteiger partial charge in [0.05, 0.1) is 12.3 Å². The zero-order chi connectivity index (χ0) is 15.2. The first-order valence-electron chi connectivity index (χ1n) is 7.03. The first-order chi connectivity index (χ1) is 10.1. The lowest BCUT2D eigenvalue weighted by Gasteiger charge is -2.08. The van der Waals surface area contributed by atoms with E-state index in [1.54, 1.807) is 6.92 Å². The average molecular weight is 285 g/mol. The van der Waals surface area contributed by atoms with Gasteiger partial charge in [-0.05, 0) is 22.8 Å². The number of aliphatic carboxylic acids is 1. The Bertz CT molecular complexity index is 651. The fraction of sp³-hybridized carbons (Fsp3) is 0.294. The van der Waals surface area contributed by atoms with E-state index >= 15 is 0 Å². The first kappa shape index (κ1) is 15.0. The molecular formula is C17H19NO3. The zero-order valence-corrected chi connectivity index (χ0v) is 12.0. The first-order valence-corrected chi connectivity index (χ1v) is 7.03. The maximum absolute atomic E-state index is 11.8. The number of amides is 1. The molecule has 1 unspecified atom stereocenters. The van der Waals surface area contributed by atoms with Crippen molar-refractivity contribution in [1.29, 1.82) is 0 Å². The van der Waals surface area contributed by atoms with Crippen molar-refractivity contribution < 1.29 is 14.7 Å². The van der Waals surface area contributed by atoms with Crippen LogP contribution in [0.3, 0.4) is 0 Å². The summed E-state index contributed by atoms with van der Waals surface area (Å²) in [6.07, 6.45) is 0.755. The van der Waals surface area contributed by atoms with Crippen molar-refractivity contribution in [3.05, 3.63) is 48.0 Å². The van der Waals surface area contributed by atoms with Crippen LogP contribution in [0.4, 0.5) is 0 Å². The minimum absolute atomic E-state index is 0.0807. The van der Waals surface area contributed by atoms with Gasteiger partial charge < -0.3 is 10.4 Å². The normalized spacial score (nSPS) is 12.0. The fourth-order valence-corrected chi connectivity index (χ4v) is 2.15. The van der Waals surface area contributed by atoms with Gasteiger partial charge in [0.2, 0.25) is 5.91 Å². The van der Waals surface area contributed by atoms with Crippen molar-refractivity contribution >= 4 is 22.6 Å². The molecule has 2 N–H and O–H groups in total. The lowest BCUT2D eigenvalue weighted by Crippen LogP contribution is -2.28. The van der Waals surface area contributed by atoms with Gasteiger partial charge in [0, 0.05) is 6.54 Å². The van der Waals surface area contributed by atoms with E-state index in [-0.39, 0.29) is 5.91 Å².